The van der Waals surface area contributed by atoms with Gasteiger partial charge < -0.3 is 14.3 Å². The van der Waals surface area contributed by atoms with Gasteiger partial charge in [0.25, 0.3) is 5.22 Å². The molecular weight excluding hydrogens is 384 g/mol. The summed E-state index contributed by atoms with van der Waals surface area (Å²) in [5, 5.41) is 16.9. The van der Waals surface area contributed by atoms with Crippen LogP contribution < -0.4 is 4.74 Å². The number of carbonyl (C=O) groups is 1. The molecule has 23 heavy (non-hydrogen) atoms. The lowest BCUT2D eigenvalue weighted by atomic mass is 10.2. The molecule has 2 rings (SSSR count). The monoisotopic (exact) mass is 396 g/mol. The second-order valence-electron chi connectivity index (χ2n) is 4.29. The van der Waals surface area contributed by atoms with Gasteiger partial charge >= 0.3 is 5.97 Å². The second kappa shape index (κ2) is 7.98. The first-order valence-corrected chi connectivity index (χ1v) is 8.06. The van der Waals surface area contributed by atoms with E-state index in [1.165, 1.54) is 6.08 Å². The fourth-order valence-electron chi connectivity index (χ4n) is 1.57. The molecule has 120 valence electrons. The van der Waals surface area contributed by atoms with Gasteiger partial charge in [-0.2, -0.15) is 0 Å². The van der Waals surface area contributed by atoms with Crippen LogP contribution in [0.1, 0.15) is 11.5 Å². The number of carboxylic acid groups (broad SMARTS) is 1. The van der Waals surface area contributed by atoms with Crippen LogP contribution in [0.4, 0.5) is 0 Å². The Morgan fingerprint density at radius 3 is 2.87 bits per heavy atom. The Kier molecular flexibility index (Phi) is 6.00. The summed E-state index contributed by atoms with van der Waals surface area (Å²) in [4.78, 5) is 11.5. The lowest BCUT2D eigenvalue weighted by molar-refractivity contribution is -0.131. The number of halogens is 1. The summed E-state index contributed by atoms with van der Waals surface area (Å²) in [5.41, 5.74) is 0.698. The maximum atomic E-state index is 11.4. The molecule has 1 heterocycles. The van der Waals surface area contributed by atoms with Crippen molar-refractivity contribution in [3.63, 3.8) is 0 Å². The fraction of sp³-hybridized carbons (Fsp3) is 0.133. The fourth-order valence-corrected chi connectivity index (χ4v) is 2.80. The van der Waals surface area contributed by atoms with Crippen molar-refractivity contribution in [3.8, 4) is 5.75 Å². The maximum Gasteiger partial charge on any atom is 0.342 e. The summed E-state index contributed by atoms with van der Waals surface area (Å²) in [6, 6.07) is 5.27. The number of aryl methyl sites for hydroxylation is 1. The third-order valence-electron chi connectivity index (χ3n) is 2.53. The first-order valence-electron chi connectivity index (χ1n) is 6.46. The molecule has 1 aromatic carbocycles. The van der Waals surface area contributed by atoms with Gasteiger partial charge in [0, 0.05) is 6.92 Å². The summed E-state index contributed by atoms with van der Waals surface area (Å²) in [6.45, 7) is 5.61. The number of nitrogens with zero attached hydrogens (tertiary/aromatic N) is 2. The van der Waals surface area contributed by atoms with Crippen LogP contribution in [0.15, 0.2) is 49.9 Å². The predicted octanol–water partition coefficient (Wildman–Crippen LogP) is 3.92. The molecule has 0 fully saturated rings. The van der Waals surface area contributed by atoms with E-state index in [-0.39, 0.29) is 10.1 Å². The third kappa shape index (κ3) is 4.97. The van der Waals surface area contributed by atoms with Gasteiger partial charge in [-0.1, -0.05) is 18.7 Å². The highest BCUT2D eigenvalue weighted by Crippen LogP contribution is 2.30. The van der Waals surface area contributed by atoms with Crippen LogP contribution in [-0.2, 0) is 4.79 Å². The highest BCUT2D eigenvalue weighted by molar-refractivity contribution is 9.10. The highest BCUT2D eigenvalue weighted by Gasteiger charge is 2.14. The first-order chi connectivity index (χ1) is 11.0. The van der Waals surface area contributed by atoms with Gasteiger partial charge in [0.2, 0.25) is 5.89 Å². The lowest BCUT2D eigenvalue weighted by Crippen LogP contribution is -1.97. The predicted molar refractivity (Wildman–Crippen MR) is 90.3 cm³/mol. The molecule has 8 heteroatoms. The van der Waals surface area contributed by atoms with Crippen LogP contribution in [0.25, 0.3) is 6.08 Å². The van der Waals surface area contributed by atoms with Gasteiger partial charge in [-0.25, -0.2) is 4.79 Å². The normalized spacial score (nSPS) is 11.3. The van der Waals surface area contributed by atoms with Crippen LogP contribution in [0.3, 0.4) is 0 Å². The first kappa shape index (κ1) is 17.3. The van der Waals surface area contributed by atoms with E-state index in [4.69, 9.17) is 9.15 Å². The average molecular weight is 397 g/mol. The Labute approximate surface area is 145 Å². The van der Waals surface area contributed by atoms with E-state index in [2.05, 4.69) is 32.7 Å². The molecule has 0 aliphatic carbocycles. The van der Waals surface area contributed by atoms with E-state index < -0.39 is 5.97 Å². The lowest BCUT2D eigenvalue weighted by Gasteiger charge is -2.07. The SMILES string of the molecule is C=CCOc1ccc(/C=C(\Sc2nnc(C)o2)C(=O)O)cc1Br. The van der Waals surface area contributed by atoms with Gasteiger partial charge in [-0.05, 0) is 51.5 Å². The number of aliphatic carboxylic acids is 1. The molecule has 1 aromatic heterocycles. The Hall–Kier alpha value is -2.06. The van der Waals surface area contributed by atoms with Gasteiger partial charge in [-0.3, -0.25) is 0 Å². The largest absolute Gasteiger partial charge is 0.488 e. The van der Waals surface area contributed by atoms with Crippen LogP contribution in [0, 0.1) is 6.92 Å². The zero-order chi connectivity index (χ0) is 16.8. The van der Waals surface area contributed by atoms with E-state index >= 15 is 0 Å². The Balaban J connectivity index is 2.23. The molecule has 1 N–H and O–H groups in total. The second-order valence-corrected chi connectivity index (χ2v) is 6.14. The number of rotatable bonds is 7. The minimum absolute atomic E-state index is 0.0697. The topological polar surface area (TPSA) is 85.5 Å². The van der Waals surface area contributed by atoms with Crippen molar-refractivity contribution >= 4 is 39.7 Å². The zero-order valence-electron chi connectivity index (χ0n) is 12.2. The van der Waals surface area contributed by atoms with Gasteiger partial charge in [0.1, 0.15) is 17.3 Å². The number of hydrogen-bond donors (Lipinski definition) is 1. The molecule has 0 unspecified atom stereocenters. The summed E-state index contributed by atoms with van der Waals surface area (Å²) in [6.07, 6.45) is 3.17. The van der Waals surface area contributed by atoms with E-state index in [9.17, 15) is 9.90 Å². The summed E-state index contributed by atoms with van der Waals surface area (Å²) in [5.74, 6) is -0.0447. The van der Waals surface area contributed by atoms with Crippen molar-refractivity contribution in [2.24, 2.45) is 0 Å². The molecule has 0 saturated carbocycles. The van der Waals surface area contributed by atoms with Crippen LogP contribution >= 0.6 is 27.7 Å². The van der Waals surface area contributed by atoms with Crippen LogP contribution in [0.2, 0.25) is 0 Å². The summed E-state index contributed by atoms with van der Waals surface area (Å²) < 4.78 is 11.4. The molecule has 0 bridgehead atoms. The molecule has 0 aliphatic heterocycles. The molecule has 0 atom stereocenters. The van der Waals surface area contributed by atoms with Gasteiger partial charge in [-0.15, -0.1) is 10.2 Å². The zero-order valence-corrected chi connectivity index (χ0v) is 14.6. The van der Waals surface area contributed by atoms with Crippen molar-refractivity contribution < 1.29 is 19.1 Å². The Morgan fingerprint density at radius 2 is 2.30 bits per heavy atom. The smallest absolute Gasteiger partial charge is 0.342 e. The van der Waals surface area contributed by atoms with Gasteiger partial charge in [0.15, 0.2) is 0 Å². The number of thioether (sulfide) groups is 1. The molecule has 6 nitrogen and oxygen atoms in total. The number of carboxylic acids is 1. The van der Waals surface area contributed by atoms with Crippen molar-refractivity contribution in [3.05, 3.63) is 51.7 Å². The van der Waals surface area contributed by atoms with Crippen LogP contribution in [-0.4, -0.2) is 27.9 Å². The summed E-state index contributed by atoms with van der Waals surface area (Å²) >= 11 is 4.29. The number of benzene rings is 1. The quantitative estimate of drug-likeness (QED) is 0.431. The summed E-state index contributed by atoms with van der Waals surface area (Å²) in [7, 11) is 0. The van der Waals surface area contributed by atoms with E-state index in [1.807, 2.05) is 0 Å². The molecule has 0 saturated heterocycles. The minimum atomic E-state index is -1.08. The average Bonchev–Trinajstić information content (AvgIpc) is 2.91. The third-order valence-corrected chi connectivity index (χ3v) is 4.00. The van der Waals surface area contributed by atoms with E-state index in [0.29, 0.717) is 23.8 Å². The number of ether oxygens (including phenoxy) is 1. The molecule has 2 aromatic rings. The van der Waals surface area contributed by atoms with Crippen molar-refractivity contribution in [1.82, 2.24) is 10.2 Å². The molecule has 0 spiro atoms. The molecular formula is C15H13BrN2O4S. The standard InChI is InChI=1S/C15H13BrN2O4S/c1-3-6-21-12-5-4-10(7-11(12)16)8-13(14(19)20)23-15-18-17-9(2)22-15/h3-5,7-8H,1,6H2,2H3,(H,19,20)/b13-8-. The highest BCUT2D eigenvalue weighted by atomic mass is 79.9. The van der Waals surface area contributed by atoms with Crippen molar-refractivity contribution in [1.29, 1.82) is 0 Å². The molecule has 0 radical (unpaired) electrons. The van der Waals surface area contributed by atoms with Crippen LogP contribution in [0.5, 0.6) is 5.75 Å². The van der Waals surface area contributed by atoms with Crippen molar-refractivity contribution in [2.45, 2.75) is 12.1 Å². The molecule has 0 aliphatic rings. The van der Waals surface area contributed by atoms with E-state index in [1.54, 1.807) is 31.2 Å². The minimum Gasteiger partial charge on any atom is -0.488 e. The number of hydrogen-bond acceptors (Lipinski definition) is 6. The van der Waals surface area contributed by atoms with Gasteiger partial charge in [0.05, 0.1) is 4.47 Å². The van der Waals surface area contributed by atoms with Crippen molar-refractivity contribution in [2.75, 3.05) is 6.61 Å². The van der Waals surface area contributed by atoms with E-state index in [0.717, 1.165) is 16.2 Å². The Morgan fingerprint density at radius 1 is 1.52 bits per heavy atom. The Bertz CT molecular complexity index is 758. The molecule has 0 amide bonds. The number of aromatic nitrogens is 2. The maximum absolute atomic E-state index is 11.4.